The van der Waals surface area contributed by atoms with Crippen molar-refractivity contribution in [2.45, 2.75) is 38.8 Å². The largest absolute Gasteiger partial charge is 0.376 e. The first-order valence-corrected chi connectivity index (χ1v) is 11.7. The Bertz CT molecular complexity index is 892. The highest BCUT2D eigenvalue weighted by Gasteiger charge is 2.28. The number of benzene rings is 1. The predicted molar refractivity (Wildman–Crippen MR) is 122 cm³/mol. The Labute approximate surface area is 189 Å². The molecule has 1 atom stereocenters. The van der Waals surface area contributed by atoms with Gasteiger partial charge in [0.25, 0.3) is 5.91 Å². The van der Waals surface area contributed by atoms with E-state index in [1.165, 1.54) is 6.07 Å². The molecule has 0 aromatic heterocycles. The first-order valence-electron chi connectivity index (χ1n) is 11.7. The summed E-state index contributed by atoms with van der Waals surface area (Å²) in [5.74, 6) is -0.584. The van der Waals surface area contributed by atoms with E-state index in [2.05, 4.69) is 29.0 Å². The number of amides is 1. The molecule has 0 saturated carbocycles. The fraction of sp³-hybridized carbons (Fsp3) is 0.520. The Hall–Kier alpha value is -2.67. The van der Waals surface area contributed by atoms with Crippen LogP contribution < -0.4 is 0 Å². The average Bonchev–Trinajstić information content (AvgIpc) is 3.33. The molecule has 32 heavy (non-hydrogen) atoms. The summed E-state index contributed by atoms with van der Waals surface area (Å²) in [6.45, 7) is 8.40. The summed E-state index contributed by atoms with van der Waals surface area (Å²) in [4.78, 5) is 33.1. The second-order valence-corrected chi connectivity index (χ2v) is 8.88. The molecule has 0 N–H and O–H groups in total. The maximum atomic E-state index is 14.5. The van der Waals surface area contributed by atoms with Crippen LogP contribution in [0.15, 0.2) is 42.8 Å². The van der Waals surface area contributed by atoms with Crippen LogP contribution in [0.3, 0.4) is 0 Å². The number of carbonyl (C=O) groups is 2. The Morgan fingerprint density at radius 2 is 1.88 bits per heavy atom. The molecule has 3 aliphatic rings. The topological polar surface area (TPSA) is 47.1 Å². The number of carbonyl (C=O) groups excluding carboxylic acids is 2. The number of nitrogens with zero attached hydrogens (tertiary/aromatic N) is 4. The lowest BCUT2D eigenvalue weighted by molar-refractivity contribution is -0.115. The van der Waals surface area contributed by atoms with Gasteiger partial charge in [-0.15, -0.1) is 0 Å². The monoisotopic (exact) mass is 440 g/mol. The van der Waals surface area contributed by atoms with Gasteiger partial charge in [0.05, 0.1) is 5.56 Å². The maximum Gasteiger partial charge on any atom is 0.256 e. The highest BCUT2D eigenvalue weighted by Crippen LogP contribution is 2.19. The van der Waals surface area contributed by atoms with E-state index >= 15 is 0 Å². The molecule has 1 amide bonds. The number of piperazine rings is 1. The van der Waals surface area contributed by atoms with Gasteiger partial charge in [0.15, 0.2) is 5.78 Å². The molecule has 0 bridgehead atoms. The summed E-state index contributed by atoms with van der Waals surface area (Å²) in [6, 6.07) is 5.24. The molecule has 0 radical (unpaired) electrons. The SMILES string of the molecule is CCC(CN1C=CCC1)N1CCN(C(=O)c2cc(CN3C=CC(=O)CC3)ccc2F)CC1. The maximum absolute atomic E-state index is 14.5. The molecule has 1 fully saturated rings. The lowest BCUT2D eigenvalue weighted by Gasteiger charge is -2.40. The zero-order chi connectivity index (χ0) is 22.5. The summed E-state index contributed by atoms with van der Waals surface area (Å²) < 4.78 is 14.5. The molecule has 1 aromatic rings. The van der Waals surface area contributed by atoms with E-state index in [0.29, 0.717) is 38.6 Å². The van der Waals surface area contributed by atoms with Crippen LogP contribution in [0.1, 0.15) is 42.1 Å². The molecule has 3 aliphatic heterocycles. The van der Waals surface area contributed by atoms with Gasteiger partial charge in [0, 0.05) is 71.0 Å². The van der Waals surface area contributed by atoms with E-state index in [0.717, 1.165) is 44.6 Å². The van der Waals surface area contributed by atoms with E-state index in [1.807, 2.05) is 4.90 Å². The second kappa shape index (κ2) is 10.3. The fourth-order valence-corrected chi connectivity index (χ4v) is 4.73. The van der Waals surface area contributed by atoms with Crippen molar-refractivity contribution in [2.75, 3.05) is 45.8 Å². The van der Waals surface area contributed by atoms with Crippen LogP contribution in [-0.2, 0) is 11.3 Å². The minimum Gasteiger partial charge on any atom is -0.376 e. The first-order chi connectivity index (χ1) is 15.5. The minimum absolute atomic E-state index is 0.123. The summed E-state index contributed by atoms with van der Waals surface area (Å²) in [7, 11) is 0. The zero-order valence-corrected chi connectivity index (χ0v) is 18.9. The van der Waals surface area contributed by atoms with Crippen LogP contribution in [0.4, 0.5) is 4.39 Å². The van der Waals surface area contributed by atoms with Gasteiger partial charge in [0.1, 0.15) is 5.82 Å². The highest BCUT2D eigenvalue weighted by molar-refractivity contribution is 5.94. The zero-order valence-electron chi connectivity index (χ0n) is 18.9. The van der Waals surface area contributed by atoms with Crippen LogP contribution >= 0.6 is 0 Å². The van der Waals surface area contributed by atoms with Crippen LogP contribution in [0.2, 0.25) is 0 Å². The van der Waals surface area contributed by atoms with Crippen molar-refractivity contribution in [1.82, 2.24) is 19.6 Å². The van der Waals surface area contributed by atoms with Crippen molar-refractivity contribution < 1.29 is 14.0 Å². The molecule has 1 aromatic carbocycles. The van der Waals surface area contributed by atoms with E-state index in [9.17, 15) is 14.0 Å². The standard InChI is InChI=1S/C25H33FN4O2/c1-2-21(19-27-9-3-4-10-27)29-13-15-30(16-14-29)25(32)23-17-20(5-6-24(23)26)18-28-11-7-22(31)8-12-28/h3,5-7,9,11,17,21H,2,4,8,10,12-16,18-19H2,1H3. The molecule has 1 unspecified atom stereocenters. The van der Waals surface area contributed by atoms with Gasteiger partial charge in [-0.1, -0.05) is 19.1 Å². The molecule has 3 heterocycles. The van der Waals surface area contributed by atoms with Gasteiger partial charge in [-0.25, -0.2) is 4.39 Å². The number of halogens is 1. The lowest BCUT2D eigenvalue weighted by Crippen LogP contribution is -2.54. The third kappa shape index (κ3) is 5.38. The number of hydrogen-bond donors (Lipinski definition) is 0. The number of allylic oxidation sites excluding steroid dienone is 1. The van der Waals surface area contributed by atoms with Gasteiger partial charge < -0.3 is 14.7 Å². The van der Waals surface area contributed by atoms with Crippen LogP contribution in [0.25, 0.3) is 0 Å². The van der Waals surface area contributed by atoms with Gasteiger partial charge in [-0.3, -0.25) is 14.5 Å². The first kappa shape index (κ1) is 22.5. The van der Waals surface area contributed by atoms with Crippen molar-refractivity contribution in [2.24, 2.45) is 0 Å². The van der Waals surface area contributed by atoms with Crippen molar-refractivity contribution in [1.29, 1.82) is 0 Å². The summed E-state index contributed by atoms with van der Waals surface area (Å²) >= 11 is 0. The smallest absolute Gasteiger partial charge is 0.256 e. The Morgan fingerprint density at radius 1 is 1.06 bits per heavy atom. The second-order valence-electron chi connectivity index (χ2n) is 8.88. The minimum atomic E-state index is -0.474. The molecule has 6 nitrogen and oxygen atoms in total. The van der Waals surface area contributed by atoms with Crippen molar-refractivity contribution in [3.63, 3.8) is 0 Å². The van der Waals surface area contributed by atoms with Crippen LogP contribution in [0, 0.1) is 5.82 Å². The third-order valence-corrected chi connectivity index (χ3v) is 6.70. The Kier molecular flexibility index (Phi) is 7.25. The van der Waals surface area contributed by atoms with Gasteiger partial charge in [0.2, 0.25) is 0 Å². The molecule has 0 spiro atoms. The lowest BCUT2D eigenvalue weighted by atomic mass is 10.1. The third-order valence-electron chi connectivity index (χ3n) is 6.70. The van der Waals surface area contributed by atoms with Gasteiger partial charge >= 0.3 is 0 Å². The average molecular weight is 441 g/mol. The molecule has 172 valence electrons. The van der Waals surface area contributed by atoms with Crippen LogP contribution in [0.5, 0.6) is 0 Å². The number of ketones is 1. The molecule has 0 aliphatic carbocycles. The normalized spacial score (nSPS) is 20.3. The molecular formula is C25H33FN4O2. The van der Waals surface area contributed by atoms with E-state index < -0.39 is 5.82 Å². The van der Waals surface area contributed by atoms with E-state index in [-0.39, 0.29) is 17.3 Å². The summed E-state index contributed by atoms with van der Waals surface area (Å²) in [5, 5.41) is 0. The quantitative estimate of drug-likeness (QED) is 0.653. The van der Waals surface area contributed by atoms with E-state index in [4.69, 9.17) is 0 Å². The van der Waals surface area contributed by atoms with Crippen molar-refractivity contribution in [3.05, 3.63) is 59.7 Å². The summed E-state index contributed by atoms with van der Waals surface area (Å²) in [6.07, 6.45) is 10.4. The van der Waals surface area contributed by atoms with Crippen molar-refractivity contribution >= 4 is 11.7 Å². The molecule has 4 rings (SSSR count). The van der Waals surface area contributed by atoms with E-state index in [1.54, 1.807) is 29.3 Å². The number of rotatable bonds is 7. The van der Waals surface area contributed by atoms with Gasteiger partial charge in [-0.05, 0) is 42.8 Å². The predicted octanol–water partition coefficient (Wildman–Crippen LogP) is 2.87. The summed E-state index contributed by atoms with van der Waals surface area (Å²) in [5.41, 5.74) is 1.01. The van der Waals surface area contributed by atoms with Crippen LogP contribution in [-0.4, -0.2) is 83.1 Å². The molecular weight excluding hydrogens is 407 g/mol. The number of hydrogen-bond acceptors (Lipinski definition) is 5. The van der Waals surface area contributed by atoms with Crippen molar-refractivity contribution in [3.8, 4) is 0 Å². The Morgan fingerprint density at radius 3 is 2.53 bits per heavy atom. The highest BCUT2D eigenvalue weighted by atomic mass is 19.1. The van der Waals surface area contributed by atoms with Gasteiger partial charge in [-0.2, -0.15) is 0 Å². The Balaban J connectivity index is 1.35. The molecule has 1 saturated heterocycles. The molecule has 7 heteroatoms. The fourth-order valence-electron chi connectivity index (χ4n) is 4.73.